The van der Waals surface area contributed by atoms with Crippen LogP contribution in [-0.4, -0.2) is 49.5 Å². The van der Waals surface area contributed by atoms with Crippen LogP contribution in [0.15, 0.2) is 18.2 Å². The van der Waals surface area contributed by atoms with Gasteiger partial charge in [0.05, 0.1) is 13.7 Å². The van der Waals surface area contributed by atoms with Gasteiger partial charge in [-0.05, 0) is 37.6 Å². The highest BCUT2D eigenvalue weighted by Gasteiger charge is 2.19. The number of hydrogen-bond acceptors (Lipinski definition) is 4. The molecule has 5 heteroatoms. The molecule has 110 valence electrons. The maximum atomic E-state index is 12.1. The first-order valence-corrected chi connectivity index (χ1v) is 6.98. The highest BCUT2D eigenvalue weighted by Crippen LogP contribution is 2.19. The van der Waals surface area contributed by atoms with Gasteiger partial charge in [-0.2, -0.15) is 0 Å². The number of benzene rings is 1. The lowest BCUT2D eigenvalue weighted by Gasteiger charge is -2.21. The Morgan fingerprint density at radius 1 is 1.35 bits per heavy atom. The van der Waals surface area contributed by atoms with Crippen molar-refractivity contribution in [3.05, 3.63) is 23.8 Å². The number of methoxy groups -OCH3 is 1. The third-order valence-electron chi connectivity index (χ3n) is 3.54. The van der Waals surface area contributed by atoms with Crippen molar-refractivity contribution in [2.45, 2.75) is 19.4 Å². The molecule has 1 saturated heterocycles. The number of rotatable bonds is 5. The van der Waals surface area contributed by atoms with Crippen LogP contribution in [0.4, 0.5) is 5.69 Å². The van der Waals surface area contributed by atoms with E-state index in [0.717, 1.165) is 37.2 Å². The van der Waals surface area contributed by atoms with E-state index in [1.54, 1.807) is 13.2 Å². The van der Waals surface area contributed by atoms with E-state index in [-0.39, 0.29) is 5.91 Å². The molecule has 5 nitrogen and oxygen atoms in total. The van der Waals surface area contributed by atoms with Crippen LogP contribution in [0.5, 0.6) is 5.75 Å². The van der Waals surface area contributed by atoms with Crippen LogP contribution in [0.2, 0.25) is 0 Å². The van der Waals surface area contributed by atoms with Crippen LogP contribution >= 0.6 is 0 Å². The summed E-state index contributed by atoms with van der Waals surface area (Å²) in [5.41, 5.74) is 7.57. The number of likely N-dealkylation sites (N-methyl/N-ethyl adjacent to an activating group) is 1. The van der Waals surface area contributed by atoms with Gasteiger partial charge in [-0.15, -0.1) is 0 Å². The third-order valence-corrected chi connectivity index (χ3v) is 3.54. The molecular weight excluding hydrogens is 254 g/mol. The Morgan fingerprint density at radius 2 is 2.05 bits per heavy atom. The molecule has 1 amide bonds. The lowest BCUT2D eigenvalue weighted by atomic mass is 10.2. The summed E-state index contributed by atoms with van der Waals surface area (Å²) in [5.74, 6) is 0.958. The molecular formula is C15H23N3O2. The first kappa shape index (κ1) is 14.7. The number of nitrogens with two attached hydrogens (primary N) is 1. The fraction of sp³-hybridized carbons (Fsp3) is 0.533. The largest absolute Gasteiger partial charge is 0.497 e. The van der Waals surface area contributed by atoms with Crippen molar-refractivity contribution in [3.63, 3.8) is 0 Å². The normalized spacial score (nSPS) is 14.8. The molecule has 0 unspecified atom stereocenters. The molecule has 1 fully saturated rings. The Labute approximate surface area is 120 Å². The zero-order valence-electron chi connectivity index (χ0n) is 12.3. The molecule has 0 bridgehead atoms. The summed E-state index contributed by atoms with van der Waals surface area (Å²) in [6, 6.07) is 5.66. The summed E-state index contributed by atoms with van der Waals surface area (Å²) < 4.78 is 5.21. The summed E-state index contributed by atoms with van der Waals surface area (Å²) in [6.07, 6.45) is 2.25. The molecule has 1 heterocycles. The van der Waals surface area contributed by atoms with E-state index in [1.165, 1.54) is 0 Å². The zero-order valence-corrected chi connectivity index (χ0v) is 12.3. The Balaban J connectivity index is 1.91. The summed E-state index contributed by atoms with van der Waals surface area (Å²) in [4.78, 5) is 16.0. The fourth-order valence-corrected chi connectivity index (χ4v) is 2.56. The monoisotopic (exact) mass is 277 g/mol. The minimum Gasteiger partial charge on any atom is -0.497 e. The Bertz CT molecular complexity index is 470. The number of amides is 1. The molecule has 20 heavy (non-hydrogen) atoms. The van der Waals surface area contributed by atoms with Crippen LogP contribution in [0.3, 0.4) is 0 Å². The van der Waals surface area contributed by atoms with E-state index in [9.17, 15) is 4.79 Å². The van der Waals surface area contributed by atoms with Crippen molar-refractivity contribution in [2.24, 2.45) is 0 Å². The van der Waals surface area contributed by atoms with Crippen molar-refractivity contribution in [1.29, 1.82) is 0 Å². The lowest BCUT2D eigenvalue weighted by Crippen LogP contribution is -2.36. The highest BCUT2D eigenvalue weighted by molar-refractivity contribution is 5.78. The number of nitrogens with zero attached hydrogens (tertiary/aromatic N) is 2. The maximum Gasteiger partial charge on any atom is 0.236 e. The molecule has 1 aromatic carbocycles. The molecule has 0 radical (unpaired) electrons. The average molecular weight is 277 g/mol. The molecule has 0 saturated carbocycles. The van der Waals surface area contributed by atoms with Crippen molar-refractivity contribution < 1.29 is 9.53 Å². The molecule has 0 aromatic heterocycles. The quantitative estimate of drug-likeness (QED) is 0.825. The number of anilines is 1. The van der Waals surface area contributed by atoms with Gasteiger partial charge < -0.3 is 15.4 Å². The van der Waals surface area contributed by atoms with Gasteiger partial charge in [-0.3, -0.25) is 9.69 Å². The Kier molecular flexibility index (Phi) is 4.84. The summed E-state index contributed by atoms with van der Waals surface area (Å²) in [5, 5.41) is 0. The zero-order chi connectivity index (χ0) is 14.5. The molecule has 1 aliphatic rings. The van der Waals surface area contributed by atoms with Crippen molar-refractivity contribution >= 4 is 11.6 Å². The second-order valence-electron chi connectivity index (χ2n) is 5.37. The Hall–Kier alpha value is -1.75. The fourth-order valence-electron chi connectivity index (χ4n) is 2.56. The van der Waals surface area contributed by atoms with Crippen LogP contribution in [0.25, 0.3) is 0 Å². The van der Waals surface area contributed by atoms with E-state index in [4.69, 9.17) is 10.5 Å². The Morgan fingerprint density at radius 3 is 2.70 bits per heavy atom. The topological polar surface area (TPSA) is 58.8 Å². The summed E-state index contributed by atoms with van der Waals surface area (Å²) >= 11 is 0. The van der Waals surface area contributed by atoms with E-state index < -0.39 is 0 Å². The second-order valence-corrected chi connectivity index (χ2v) is 5.37. The van der Waals surface area contributed by atoms with Gasteiger partial charge in [0.2, 0.25) is 5.91 Å². The first-order chi connectivity index (χ1) is 9.58. The summed E-state index contributed by atoms with van der Waals surface area (Å²) in [7, 11) is 3.57. The minimum atomic E-state index is 0.209. The molecule has 0 aliphatic carbocycles. The molecule has 2 N–H and O–H groups in total. The van der Waals surface area contributed by atoms with Crippen LogP contribution < -0.4 is 10.5 Å². The van der Waals surface area contributed by atoms with Gasteiger partial charge in [0, 0.05) is 31.4 Å². The predicted molar refractivity (Wildman–Crippen MR) is 79.6 cm³/mol. The lowest BCUT2D eigenvalue weighted by molar-refractivity contribution is -0.131. The molecule has 1 aliphatic heterocycles. The maximum absolute atomic E-state index is 12.1. The molecule has 0 atom stereocenters. The van der Waals surface area contributed by atoms with Gasteiger partial charge >= 0.3 is 0 Å². The number of carbonyl (C=O) groups excluding carboxylic acids is 1. The number of hydrogen-bond donors (Lipinski definition) is 1. The first-order valence-electron chi connectivity index (χ1n) is 6.98. The van der Waals surface area contributed by atoms with Gasteiger partial charge in [-0.25, -0.2) is 0 Å². The van der Waals surface area contributed by atoms with Crippen molar-refractivity contribution in [1.82, 2.24) is 9.80 Å². The van der Waals surface area contributed by atoms with Crippen molar-refractivity contribution in [3.8, 4) is 5.75 Å². The average Bonchev–Trinajstić information content (AvgIpc) is 2.91. The van der Waals surface area contributed by atoms with E-state index in [0.29, 0.717) is 18.8 Å². The predicted octanol–water partition coefficient (Wildman–Crippen LogP) is 1.33. The number of carbonyl (C=O) groups is 1. The van der Waals surface area contributed by atoms with E-state index in [2.05, 4.69) is 0 Å². The molecule has 2 rings (SSSR count). The molecule has 0 spiro atoms. The van der Waals surface area contributed by atoms with Gasteiger partial charge in [0.25, 0.3) is 0 Å². The molecule has 1 aromatic rings. The highest BCUT2D eigenvalue weighted by atomic mass is 16.5. The summed E-state index contributed by atoms with van der Waals surface area (Å²) in [6.45, 7) is 2.93. The number of nitrogen functional groups attached to an aromatic ring is 1. The SMILES string of the molecule is COc1cc(N)cc(CN(C)CC(=O)N2CCCC2)c1. The van der Waals surface area contributed by atoms with Gasteiger partial charge in [0.1, 0.15) is 5.75 Å². The van der Waals surface area contributed by atoms with Crippen LogP contribution in [0.1, 0.15) is 18.4 Å². The smallest absolute Gasteiger partial charge is 0.236 e. The second kappa shape index (κ2) is 6.61. The van der Waals surface area contributed by atoms with Crippen LogP contribution in [-0.2, 0) is 11.3 Å². The third kappa shape index (κ3) is 3.87. The van der Waals surface area contributed by atoms with E-state index >= 15 is 0 Å². The van der Waals surface area contributed by atoms with Crippen molar-refractivity contribution in [2.75, 3.05) is 39.5 Å². The van der Waals surface area contributed by atoms with E-state index in [1.807, 2.05) is 29.0 Å². The van der Waals surface area contributed by atoms with Crippen LogP contribution in [0, 0.1) is 0 Å². The van der Waals surface area contributed by atoms with Gasteiger partial charge in [-0.1, -0.05) is 0 Å². The number of likely N-dealkylation sites (tertiary alicyclic amines) is 1. The van der Waals surface area contributed by atoms with Gasteiger partial charge in [0.15, 0.2) is 0 Å². The standard InChI is InChI=1S/C15H23N3O2/c1-17(11-15(19)18-5-3-4-6-18)10-12-7-13(16)9-14(8-12)20-2/h7-9H,3-6,10-11,16H2,1-2H3. The number of ether oxygens (including phenoxy) is 1. The minimum absolute atomic E-state index is 0.209.